The highest BCUT2D eigenvalue weighted by Crippen LogP contribution is 2.15. The molecule has 20 heavy (non-hydrogen) atoms. The molecule has 0 radical (unpaired) electrons. The number of nitrogens with one attached hydrogen (secondary N) is 3. The van der Waals surface area contributed by atoms with E-state index in [2.05, 4.69) is 20.5 Å². The zero-order valence-electron chi connectivity index (χ0n) is 12.5. The predicted molar refractivity (Wildman–Crippen MR) is 76.2 cm³/mol. The van der Waals surface area contributed by atoms with Crippen molar-refractivity contribution in [1.82, 2.24) is 15.2 Å². The fraction of sp³-hybridized carbons (Fsp3) is 0.769. The van der Waals surface area contributed by atoms with E-state index < -0.39 is 0 Å². The maximum absolute atomic E-state index is 11.9. The van der Waals surface area contributed by atoms with E-state index in [4.69, 9.17) is 4.74 Å². The van der Waals surface area contributed by atoms with Gasteiger partial charge in [0.05, 0.1) is 26.3 Å². The third kappa shape index (κ3) is 4.01. The molecule has 0 atom stereocenters. The Morgan fingerprint density at radius 1 is 1.30 bits per heavy atom. The van der Waals surface area contributed by atoms with Gasteiger partial charge >= 0.3 is 0 Å². The lowest BCUT2D eigenvalue weighted by atomic mass is 9.93. The lowest BCUT2D eigenvalue weighted by Crippen LogP contribution is -3.14. The normalized spacial score (nSPS) is 17.1. The number of rotatable bonds is 4. The molecule has 1 aromatic heterocycles. The van der Waals surface area contributed by atoms with Crippen LogP contribution in [0, 0.1) is 0 Å². The first-order valence-corrected chi connectivity index (χ1v) is 7.09. The van der Waals surface area contributed by atoms with Crippen LogP contribution in [0.2, 0.25) is 0 Å². The van der Waals surface area contributed by atoms with Gasteiger partial charge in [0.25, 0.3) is 5.56 Å². The van der Waals surface area contributed by atoms with Gasteiger partial charge in [-0.25, -0.2) is 0 Å². The van der Waals surface area contributed by atoms with Crippen LogP contribution in [0.3, 0.4) is 0 Å². The van der Waals surface area contributed by atoms with Crippen LogP contribution in [-0.2, 0) is 10.2 Å². The summed E-state index contributed by atoms with van der Waals surface area (Å²) in [5.74, 6) is 0.440. The van der Waals surface area contributed by atoms with E-state index >= 15 is 0 Å². The molecule has 1 fully saturated rings. The van der Waals surface area contributed by atoms with Crippen LogP contribution in [0.5, 0.6) is 0 Å². The van der Waals surface area contributed by atoms with Gasteiger partial charge in [-0.3, -0.25) is 9.78 Å². The van der Waals surface area contributed by atoms with E-state index in [9.17, 15) is 4.79 Å². The number of morpholine rings is 1. The van der Waals surface area contributed by atoms with Crippen molar-refractivity contribution in [2.24, 2.45) is 0 Å². The first-order chi connectivity index (χ1) is 9.47. The summed E-state index contributed by atoms with van der Waals surface area (Å²) in [6, 6.07) is 0. The smallest absolute Gasteiger partial charge is 0.274 e. The van der Waals surface area contributed by atoms with Gasteiger partial charge in [-0.2, -0.15) is 0 Å². The van der Waals surface area contributed by atoms with Gasteiger partial charge in [0.2, 0.25) is 5.95 Å². The Hall–Kier alpha value is -1.47. The molecule has 7 heteroatoms. The second-order valence-electron chi connectivity index (χ2n) is 6.14. The van der Waals surface area contributed by atoms with E-state index in [-0.39, 0.29) is 11.0 Å². The highest BCUT2D eigenvalue weighted by Gasteiger charge is 2.20. The number of quaternary nitrogens is 1. The maximum Gasteiger partial charge on any atom is 0.274 e. The standard InChI is InChI=1S/C13H23N5O2/c1-13(2,3)10-11(19)15-12(17-16-10)14-4-5-18-6-8-20-9-7-18/h4-9H2,1-3H3,(H2,14,15,17,19)/p+1. The van der Waals surface area contributed by atoms with Gasteiger partial charge in [-0.15, -0.1) is 10.2 Å². The number of aromatic amines is 1. The summed E-state index contributed by atoms with van der Waals surface area (Å²) in [7, 11) is 0. The molecule has 3 N–H and O–H groups in total. The van der Waals surface area contributed by atoms with Crippen molar-refractivity contribution in [3.63, 3.8) is 0 Å². The average Bonchev–Trinajstić information content (AvgIpc) is 2.38. The van der Waals surface area contributed by atoms with Crippen LogP contribution < -0.4 is 15.8 Å². The van der Waals surface area contributed by atoms with Gasteiger partial charge < -0.3 is 15.0 Å². The van der Waals surface area contributed by atoms with E-state index in [0.29, 0.717) is 11.6 Å². The Morgan fingerprint density at radius 2 is 2.00 bits per heavy atom. The molecular formula is C13H24N5O2+. The first-order valence-electron chi connectivity index (χ1n) is 7.09. The van der Waals surface area contributed by atoms with Crippen LogP contribution in [0.15, 0.2) is 4.79 Å². The van der Waals surface area contributed by atoms with Crippen molar-refractivity contribution in [3.8, 4) is 0 Å². The molecule has 1 saturated heterocycles. The van der Waals surface area contributed by atoms with Crippen molar-refractivity contribution >= 4 is 5.95 Å². The molecular weight excluding hydrogens is 258 g/mol. The Bertz CT molecular complexity index is 488. The van der Waals surface area contributed by atoms with Gasteiger partial charge in [0, 0.05) is 5.41 Å². The quantitative estimate of drug-likeness (QED) is 0.645. The molecule has 0 saturated carbocycles. The van der Waals surface area contributed by atoms with Crippen LogP contribution >= 0.6 is 0 Å². The molecule has 0 amide bonds. The zero-order chi connectivity index (χ0) is 14.6. The summed E-state index contributed by atoms with van der Waals surface area (Å²) >= 11 is 0. The Morgan fingerprint density at radius 3 is 2.60 bits per heavy atom. The van der Waals surface area contributed by atoms with Crippen LogP contribution in [0.25, 0.3) is 0 Å². The second-order valence-corrected chi connectivity index (χ2v) is 6.14. The topological polar surface area (TPSA) is 84.3 Å². The molecule has 1 aliphatic rings. The summed E-state index contributed by atoms with van der Waals surface area (Å²) in [6.07, 6.45) is 0. The van der Waals surface area contributed by atoms with Crippen molar-refractivity contribution < 1.29 is 9.64 Å². The third-order valence-corrected chi connectivity index (χ3v) is 3.38. The fourth-order valence-electron chi connectivity index (χ4n) is 2.18. The summed E-state index contributed by atoms with van der Waals surface area (Å²) in [5, 5.41) is 11.2. The van der Waals surface area contributed by atoms with Crippen LogP contribution in [0.4, 0.5) is 5.95 Å². The molecule has 0 spiro atoms. The van der Waals surface area contributed by atoms with Crippen molar-refractivity contribution in [3.05, 3.63) is 16.0 Å². The highest BCUT2D eigenvalue weighted by atomic mass is 16.5. The van der Waals surface area contributed by atoms with Crippen LogP contribution in [0.1, 0.15) is 26.5 Å². The molecule has 0 aromatic carbocycles. The highest BCUT2D eigenvalue weighted by molar-refractivity contribution is 5.22. The van der Waals surface area contributed by atoms with E-state index in [1.165, 1.54) is 4.90 Å². The number of H-pyrrole nitrogens is 1. The minimum Gasteiger partial charge on any atom is -0.370 e. The molecule has 7 nitrogen and oxygen atoms in total. The number of anilines is 1. The SMILES string of the molecule is CC(C)(C)c1nnc(NCC[NH+]2CCOCC2)[nH]c1=O. The van der Waals surface area contributed by atoms with Gasteiger partial charge in [0.15, 0.2) is 0 Å². The molecule has 0 aliphatic carbocycles. The minimum absolute atomic E-state index is 0.172. The predicted octanol–water partition coefficient (Wildman–Crippen LogP) is -1.21. The molecule has 1 aromatic rings. The number of ether oxygens (including phenoxy) is 1. The Balaban J connectivity index is 1.87. The summed E-state index contributed by atoms with van der Waals surface area (Å²) in [6.45, 7) is 11.3. The lowest BCUT2D eigenvalue weighted by Gasteiger charge is -2.23. The van der Waals surface area contributed by atoms with Crippen molar-refractivity contribution in [2.75, 3.05) is 44.7 Å². The molecule has 0 bridgehead atoms. The van der Waals surface area contributed by atoms with Gasteiger partial charge in [0.1, 0.15) is 18.8 Å². The number of hydrogen-bond acceptors (Lipinski definition) is 5. The first kappa shape index (κ1) is 14.9. The monoisotopic (exact) mass is 282 g/mol. The zero-order valence-corrected chi connectivity index (χ0v) is 12.5. The van der Waals surface area contributed by atoms with E-state index in [1.807, 2.05) is 20.8 Å². The van der Waals surface area contributed by atoms with Crippen molar-refractivity contribution in [2.45, 2.75) is 26.2 Å². The Labute approximate surface area is 118 Å². The number of aromatic nitrogens is 3. The Kier molecular flexibility index (Phi) is 4.72. The molecule has 2 rings (SSSR count). The van der Waals surface area contributed by atoms with Gasteiger partial charge in [-0.1, -0.05) is 20.8 Å². The average molecular weight is 282 g/mol. The third-order valence-electron chi connectivity index (χ3n) is 3.38. The maximum atomic E-state index is 11.9. The number of nitrogens with zero attached hydrogens (tertiary/aromatic N) is 2. The fourth-order valence-corrected chi connectivity index (χ4v) is 2.18. The largest absolute Gasteiger partial charge is 0.370 e. The summed E-state index contributed by atoms with van der Waals surface area (Å²) in [4.78, 5) is 16.2. The number of hydrogen-bond donors (Lipinski definition) is 3. The molecule has 2 heterocycles. The van der Waals surface area contributed by atoms with Crippen molar-refractivity contribution in [1.29, 1.82) is 0 Å². The molecule has 112 valence electrons. The van der Waals surface area contributed by atoms with Gasteiger partial charge in [-0.05, 0) is 0 Å². The van der Waals surface area contributed by atoms with E-state index in [0.717, 1.165) is 39.4 Å². The summed E-state index contributed by atoms with van der Waals surface area (Å²) in [5.41, 5.74) is -0.00701. The minimum atomic E-state index is -0.295. The lowest BCUT2D eigenvalue weighted by molar-refractivity contribution is -0.906. The molecule has 1 aliphatic heterocycles. The molecule has 0 unspecified atom stereocenters. The van der Waals surface area contributed by atoms with E-state index in [1.54, 1.807) is 0 Å². The van der Waals surface area contributed by atoms with Crippen LogP contribution in [-0.4, -0.2) is 54.6 Å². The summed E-state index contributed by atoms with van der Waals surface area (Å²) < 4.78 is 5.31. The second kappa shape index (κ2) is 6.32.